The highest BCUT2D eigenvalue weighted by atomic mass is 16.3. The third-order valence-corrected chi connectivity index (χ3v) is 4.60. The Morgan fingerprint density at radius 2 is 2.11 bits per heavy atom. The first-order chi connectivity index (χ1) is 9.15. The average molecular weight is 260 g/mol. The topological polar surface area (TPSA) is 66.6 Å². The third kappa shape index (κ3) is 2.32. The van der Waals surface area contributed by atoms with E-state index < -0.39 is 0 Å². The van der Waals surface area contributed by atoms with Gasteiger partial charge in [0.15, 0.2) is 0 Å². The highest BCUT2D eigenvalue weighted by Crippen LogP contribution is 2.37. The lowest BCUT2D eigenvalue weighted by atomic mass is 9.98. The molecule has 1 aliphatic heterocycles. The first kappa shape index (κ1) is 12.5. The van der Waals surface area contributed by atoms with Crippen molar-refractivity contribution in [2.45, 2.75) is 25.3 Å². The van der Waals surface area contributed by atoms with Crippen molar-refractivity contribution in [1.82, 2.24) is 4.90 Å². The number of benzene rings is 1. The van der Waals surface area contributed by atoms with Gasteiger partial charge < -0.3 is 15.7 Å². The minimum Gasteiger partial charge on any atom is -0.508 e. The molecule has 2 aliphatic rings. The van der Waals surface area contributed by atoms with Gasteiger partial charge in [-0.25, -0.2) is 0 Å². The maximum absolute atomic E-state index is 12.3. The fraction of sp³-hybridized carbons (Fsp3) is 0.533. The normalized spacial score (nSPS) is 29.5. The Bertz CT molecular complexity index is 489. The number of rotatable bonds is 2. The lowest BCUT2D eigenvalue weighted by Gasteiger charge is -2.19. The largest absolute Gasteiger partial charge is 0.508 e. The SMILES string of the molecule is NC1CCC2CN(C(=O)Cc3ccccc3O)CC12. The van der Waals surface area contributed by atoms with Crippen molar-refractivity contribution in [3.63, 3.8) is 0 Å². The van der Waals surface area contributed by atoms with Gasteiger partial charge in [0.2, 0.25) is 5.91 Å². The van der Waals surface area contributed by atoms with Gasteiger partial charge in [0.25, 0.3) is 0 Å². The molecular weight excluding hydrogens is 240 g/mol. The lowest BCUT2D eigenvalue weighted by Crippen LogP contribution is -2.34. The Morgan fingerprint density at radius 3 is 2.84 bits per heavy atom. The molecule has 0 bridgehead atoms. The molecule has 1 aromatic rings. The van der Waals surface area contributed by atoms with E-state index in [2.05, 4.69) is 0 Å². The molecule has 0 spiro atoms. The van der Waals surface area contributed by atoms with Crippen molar-refractivity contribution in [3.05, 3.63) is 29.8 Å². The summed E-state index contributed by atoms with van der Waals surface area (Å²) >= 11 is 0. The molecule has 0 radical (unpaired) electrons. The van der Waals surface area contributed by atoms with Gasteiger partial charge in [0, 0.05) is 24.7 Å². The summed E-state index contributed by atoms with van der Waals surface area (Å²) in [7, 11) is 0. The van der Waals surface area contributed by atoms with Gasteiger partial charge in [0.1, 0.15) is 5.75 Å². The van der Waals surface area contributed by atoms with Crippen LogP contribution in [0.1, 0.15) is 18.4 Å². The Labute approximate surface area is 113 Å². The first-order valence-corrected chi connectivity index (χ1v) is 6.95. The van der Waals surface area contributed by atoms with Crippen LogP contribution in [0.2, 0.25) is 0 Å². The minimum atomic E-state index is 0.100. The fourth-order valence-corrected chi connectivity index (χ4v) is 3.45. The van der Waals surface area contributed by atoms with E-state index in [-0.39, 0.29) is 24.1 Å². The monoisotopic (exact) mass is 260 g/mol. The number of phenols is 1. The number of phenolic OH excluding ortho intramolecular Hbond substituents is 1. The summed E-state index contributed by atoms with van der Waals surface area (Å²) in [6, 6.07) is 7.29. The highest BCUT2D eigenvalue weighted by molar-refractivity contribution is 5.79. The van der Waals surface area contributed by atoms with E-state index in [1.165, 1.54) is 0 Å². The molecule has 1 aromatic carbocycles. The zero-order valence-corrected chi connectivity index (χ0v) is 11.0. The Balaban J connectivity index is 1.65. The van der Waals surface area contributed by atoms with Crippen LogP contribution in [0.25, 0.3) is 0 Å². The van der Waals surface area contributed by atoms with Crippen molar-refractivity contribution in [2.24, 2.45) is 17.6 Å². The van der Waals surface area contributed by atoms with Crippen LogP contribution in [0.15, 0.2) is 24.3 Å². The molecule has 0 aromatic heterocycles. The number of nitrogens with two attached hydrogens (primary N) is 1. The zero-order chi connectivity index (χ0) is 13.4. The van der Waals surface area contributed by atoms with Gasteiger partial charge in [-0.15, -0.1) is 0 Å². The summed E-state index contributed by atoms with van der Waals surface area (Å²) in [5, 5.41) is 9.71. The number of fused-ring (bicyclic) bond motifs is 1. The fourth-order valence-electron chi connectivity index (χ4n) is 3.45. The second-order valence-electron chi connectivity index (χ2n) is 5.77. The van der Waals surface area contributed by atoms with E-state index in [1.54, 1.807) is 18.2 Å². The molecule has 1 heterocycles. The van der Waals surface area contributed by atoms with E-state index in [0.717, 1.165) is 25.9 Å². The van der Waals surface area contributed by atoms with Gasteiger partial charge >= 0.3 is 0 Å². The summed E-state index contributed by atoms with van der Waals surface area (Å²) in [6.07, 6.45) is 2.52. The second-order valence-corrected chi connectivity index (χ2v) is 5.77. The van der Waals surface area contributed by atoms with Crippen LogP contribution in [0, 0.1) is 11.8 Å². The number of carbonyl (C=O) groups excluding carboxylic acids is 1. The van der Waals surface area contributed by atoms with Gasteiger partial charge in [-0.2, -0.15) is 0 Å². The quantitative estimate of drug-likeness (QED) is 0.837. The predicted octanol–water partition coefficient (Wildman–Crippen LogP) is 1.13. The molecule has 1 saturated carbocycles. The molecule has 1 saturated heterocycles. The molecule has 3 unspecified atom stereocenters. The maximum atomic E-state index is 12.3. The summed E-state index contributed by atoms with van der Waals surface area (Å²) in [4.78, 5) is 14.2. The number of para-hydroxylation sites is 1. The summed E-state index contributed by atoms with van der Waals surface area (Å²) in [5.41, 5.74) is 6.78. The van der Waals surface area contributed by atoms with Gasteiger partial charge in [-0.05, 0) is 30.7 Å². The minimum absolute atomic E-state index is 0.100. The van der Waals surface area contributed by atoms with E-state index in [9.17, 15) is 9.90 Å². The van der Waals surface area contributed by atoms with Crippen molar-refractivity contribution >= 4 is 5.91 Å². The molecule has 3 atom stereocenters. The average Bonchev–Trinajstić information content (AvgIpc) is 2.95. The molecule has 1 amide bonds. The van der Waals surface area contributed by atoms with Crippen LogP contribution in [-0.2, 0) is 11.2 Å². The molecule has 3 N–H and O–H groups in total. The molecule has 4 nitrogen and oxygen atoms in total. The summed E-state index contributed by atoms with van der Waals surface area (Å²) < 4.78 is 0. The van der Waals surface area contributed by atoms with Crippen LogP contribution in [0.4, 0.5) is 0 Å². The van der Waals surface area contributed by atoms with Crippen LogP contribution in [-0.4, -0.2) is 35.0 Å². The summed E-state index contributed by atoms with van der Waals surface area (Å²) in [5.74, 6) is 1.37. The standard InChI is InChI=1S/C15H20N2O2/c16-13-6-5-11-8-17(9-12(11)13)15(19)7-10-3-1-2-4-14(10)18/h1-4,11-13,18H,5-9,16H2. The first-order valence-electron chi connectivity index (χ1n) is 6.95. The number of amides is 1. The number of carbonyl (C=O) groups is 1. The number of hydrogen-bond donors (Lipinski definition) is 2. The molecule has 4 heteroatoms. The van der Waals surface area contributed by atoms with Crippen LogP contribution in [0.3, 0.4) is 0 Å². The second kappa shape index (κ2) is 4.85. The van der Waals surface area contributed by atoms with E-state index in [1.807, 2.05) is 11.0 Å². The smallest absolute Gasteiger partial charge is 0.227 e. The Morgan fingerprint density at radius 1 is 1.32 bits per heavy atom. The van der Waals surface area contributed by atoms with Crippen molar-refractivity contribution in [2.75, 3.05) is 13.1 Å². The number of likely N-dealkylation sites (tertiary alicyclic amines) is 1. The van der Waals surface area contributed by atoms with Gasteiger partial charge in [0.05, 0.1) is 6.42 Å². The van der Waals surface area contributed by atoms with E-state index in [4.69, 9.17) is 5.73 Å². The van der Waals surface area contributed by atoms with Crippen molar-refractivity contribution in [1.29, 1.82) is 0 Å². The van der Waals surface area contributed by atoms with Gasteiger partial charge in [-0.1, -0.05) is 18.2 Å². The molecule has 1 aliphatic carbocycles. The number of aromatic hydroxyl groups is 1. The molecule has 19 heavy (non-hydrogen) atoms. The lowest BCUT2D eigenvalue weighted by molar-refractivity contribution is -0.129. The number of hydrogen-bond acceptors (Lipinski definition) is 3. The Hall–Kier alpha value is -1.55. The molecular formula is C15H20N2O2. The van der Waals surface area contributed by atoms with Gasteiger partial charge in [-0.3, -0.25) is 4.79 Å². The van der Waals surface area contributed by atoms with Crippen LogP contribution >= 0.6 is 0 Å². The van der Waals surface area contributed by atoms with E-state index >= 15 is 0 Å². The highest BCUT2D eigenvalue weighted by Gasteiger charge is 2.42. The zero-order valence-electron chi connectivity index (χ0n) is 11.0. The number of nitrogens with zero attached hydrogens (tertiary/aromatic N) is 1. The molecule has 3 rings (SSSR count). The van der Waals surface area contributed by atoms with Crippen molar-refractivity contribution < 1.29 is 9.90 Å². The molecule has 102 valence electrons. The summed E-state index contributed by atoms with van der Waals surface area (Å²) in [6.45, 7) is 1.63. The van der Waals surface area contributed by atoms with Crippen LogP contribution < -0.4 is 5.73 Å². The Kier molecular flexibility index (Phi) is 3.19. The maximum Gasteiger partial charge on any atom is 0.227 e. The predicted molar refractivity (Wildman–Crippen MR) is 72.6 cm³/mol. The molecule has 2 fully saturated rings. The van der Waals surface area contributed by atoms with E-state index in [0.29, 0.717) is 17.4 Å². The van der Waals surface area contributed by atoms with Crippen molar-refractivity contribution in [3.8, 4) is 5.75 Å². The van der Waals surface area contributed by atoms with Crippen LogP contribution in [0.5, 0.6) is 5.75 Å². The third-order valence-electron chi connectivity index (χ3n) is 4.60.